The largest absolute Gasteiger partial charge is 4.00 e. The third kappa shape index (κ3) is 6.68. The molecule has 3 rings (SSSR count). The molecule has 0 aliphatic rings. The van der Waals surface area contributed by atoms with Crippen LogP contribution in [0.2, 0.25) is 0 Å². The number of hydrogen-bond donors (Lipinski definition) is 0. The number of halogens is 3. The first-order chi connectivity index (χ1) is 11.8. The monoisotopic (exact) mass is 482 g/mol. The molecule has 0 radical (unpaired) electrons. The van der Waals surface area contributed by atoms with E-state index >= 15 is 0 Å². The Hall–Kier alpha value is -0.626. The number of benzene rings is 2. The summed E-state index contributed by atoms with van der Waals surface area (Å²) in [5, 5.41) is 0. The van der Waals surface area contributed by atoms with Gasteiger partial charge in [-0.15, -0.1) is 0 Å². The first-order valence-corrected chi connectivity index (χ1v) is 9.16. The third-order valence-electron chi connectivity index (χ3n) is 5.42. The minimum atomic E-state index is 0. The average molecular weight is 484 g/mol. The van der Waals surface area contributed by atoms with Gasteiger partial charge in [-0.05, 0) is 38.8 Å². The molecule has 0 heterocycles. The van der Waals surface area contributed by atoms with Crippen LogP contribution in [0.4, 0.5) is 0 Å². The maximum atomic E-state index is 2.39. The van der Waals surface area contributed by atoms with Gasteiger partial charge in [0.2, 0.25) is 0 Å². The summed E-state index contributed by atoms with van der Waals surface area (Å²) in [5.41, 5.74) is 13.8. The van der Waals surface area contributed by atoms with Crippen LogP contribution in [0.5, 0.6) is 0 Å². The molecule has 0 aliphatic carbocycles. The first-order valence-electron chi connectivity index (χ1n) is 9.16. The van der Waals surface area contributed by atoms with E-state index < -0.39 is 0 Å². The van der Waals surface area contributed by atoms with E-state index in [1.807, 2.05) is 0 Å². The summed E-state index contributed by atoms with van der Waals surface area (Å²) < 4.78 is 0. The van der Waals surface area contributed by atoms with Crippen LogP contribution < -0.4 is 37.2 Å². The van der Waals surface area contributed by atoms with Gasteiger partial charge in [-0.25, -0.2) is 0 Å². The molecule has 154 valence electrons. The molecule has 0 atom stereocenters. The van der Waals surface area contributed by atoms with Crippen molar-refractivity contribution in [2.24, 2.45) is 0 Å². The van der Waals surface area contributed by atoms with Crippen LogP contribution in [0.3, 0.4) is 0 Å². The van der Waals surface area contributed by atoms with Crippen molar-refractivity contribution in [1.82, 2.24) is 0 Å². The Labute approximate surface area is 210 Å². The van der Waals surface area contributed by atoms with Gasteiger partial charge in [0.1, 0.15) is 0 Å². The predicted octanol–water partition coefficient (Wildman–Crippen LogP) is -2.25. The Balaban J connectivity index is 0. The Morgan fingerprint density at radius 1 is 0.552 bits per heavy atom. The van der Waals surface area contributed by atoms with Crippen molar-refractivity contribution in [2.45, 2.75) is 54.4 Å². The second kappa shape index (κ2) is 12.3. The first kappa shape index (κ1) is 30.6. The maximum absolute atomic E-state index is 2.39. The molecular formula is C25H29Cl3Ti. The van der Waals surface area contributed by atoms with Gasteiger partial charge >= 0.3 is 21.7 Å². The van der Waals surface area contributed by atoms with Crippen molar-refractivity contribution in [1.29, 1.82) is 0 Å². The molecule has 3 aromatic rings. The van der Waals surface area contributed by atoms with E-state index in [1.165, 1.54) is 55.6 Å². The fourth-order valence-electron chi connectivity index (χ4n) is 4.17. The molecule has 0 amide bonds. The predicted molar refractivity (Wildman–Crippen MR) is 109 cm³/mol. The zero-order valence-corrected chi connectivity index (χ0v) is 22.1. The molecule has 0 nitrogen and oxygen atoms in total. The second-order valence-electron chi connectivity index (χ2n) is 7.81. The Morgan fingerprint density at radius 2 is 0.897 bits per heavy atom. The summed E-state index contributed by atoms with van der Waals surface area (Å²) in [7, 11) is 0. The van der Waals surface area contributed by atoms with Crippen molar-refractivity contribution in [3.8, 4) is 0 Å². The van der Waals surface area contributed by atoms with E-state index in [2.05, 4.69) is 90.9 Å². The molecule has 29 heavy (non-hydrogen) atoms. The average Bonchev–Trinajstić information content (AvgIpc) is 2.73. The molecule has 0 saturated carbocycles. The van der Waals surface area contributed by atoms with Crippen LogP contribution in [-0.2, 0) is 21.7 Å². The van der Waals surface area contributed by atoms with Gasteiger partial charge in [0.25, 0.3) is 0 Å². The van der Waals surface area contributed by atoms with Crippen molar-refractivity contribution in [3.05, 3.63) is 98.1 Å². The third-order valence-corrected chi connectivity index (χ3v) is 5.42. The van der Waals surface area contributed by atoms with E-state index in [0.717, 1.165) is 0 Å². The van der Waals surface area contributed by atoms with Gasteiger partial charge in [0.15, 0.2) is 0 Å². The van der Waals surface area contributed by atoms with Crippen molar-refractivity contribution in [2.75, 3.05) is 0 Å². The molecule has 3 aromatic carbocycles. The summed E-state index contributed by atoms with van der Waals surface area (Å²) in [6, 6.07) is 16.3. The zero-order valence-electron chi connectivity index (χ0n) is 18.3. The van der Waals surface area contributed by atoms with Crippen molar-refractivity contribution >= 4 is 0 Å². The maximum Gasteiger partial charge on any atom is 4.00 e. The molecular weight excluding hydrogens is 455 g/mol. The molecule has 0 unspecified atom stereocenters. The number of rotatable bonds is 3. The van der Waals surface area contributed by atoms with E-state index in [4.69, 9.17) is 0 Å². The molecule has 0 fully saturated rings. The number of hydrogen-bond acceptors (Lipinski definition) is 0. The molecule has 0 aliphatic heterocycles. The van der Waals surface area contributed by atoms with Crippen LogP contribution in [0, 0.1) is 48.5 Å². The Bertz CT molecular complexity index is 849. The topological polar surface area (TPSA) is 0 Å². The van der Waals surface area contributed by atoms with Gasteiger partial charge < -0.3 is 37.2 Å². The summed E-state index contributed by atoms with van der Waals surface area (Å²) in [5.74, 6) is 0.296. The Morgan fingerprint density at radius 3 is 1.17 bits per heavy atom. The van der Waals surface area contributed by atoms with Crippen molar-refractivity contribution in [3.63, 3.8) is 0 Å². The molecule has 0 aromatic heterocycles. The standard InChI is InChI=1S/C25H29.3ClH.Ti/c1-15-8-16(2)11-22(10-15)25(23-12-17(3)9-18(4)13-23)24-14-19(5)20(6)21(24)7;;;;/h8-14,25H,1-7H3;3*1H;/q-1;;;;+4/p-3. The van der Waals surface area contributed by atoms with Gasteiger partial charge in [0.05, 0.1) is 0 Å². The van der Waals surface area contributed by atoms with Gasteiger partial charge in [-0.2, -0.15) is 28.3 Å². The van der Waals surface area contributed by atoms with E-state index in [-0.39, 0.29) is 58.9 Å². The second-order valence-corrected chi connectivity index (χ2v) is 7.81. The van der Waals surface area contributed by atoms with E-state index in [1.54, 1.807) is 0 Å². The minimum absolute atomic E-state index is 0. The summed E-state index contributed by atoms with van der Waals surface area (Å²) in [6.45, 7) is 15.5. The van der Waals surface area contributed by atoms with Crippen LogP contribution in [0.1, 0.15) is 61.6 Å². The van der Waals surface area contributed by atoms with Crippen LogP contribution in [0.25, 0.3) is 0 Å². The Kier molecular flexibility index (Phi) is 12.9. The summed E-state index contributed by atoms with van der Waals surface area (Å²) in [4.78, 5) is 0. The fraction of sp³-hybridized carbons (Fsp3) is 0.320. The minimum Gasteiger partial charge on any atom is -1.00 e. The van der Waals surface area contributed by atoms with E-state index in [9.17, 15) is 0 Å². The molecule has 0 N–H and O–H groups in total. The molecule has 0 bridgehead atoms. The van der Waals surface area contributed by atoms with Crippen LogP contribution >= 0.6 is 0 Å². The smallest absolute Gasteiger partial charge is 1.00 e. The summed E-state index contributed by atoms with van der Waals surface area (Å²) in [6.07, 6.45) is 0. The molecule has 4 heteroatoms. The zero-order chi connectivity index (χ0) is 18.3. The van der Waals surface area contributed by atoms with Crippen LogP contribution in [-0.4, -0.2) is 0 Å². The molecule has 0 spiro atoms. The van der Waals surface area contributed by atoms with Gasteiger partial charge in [-0.1, -0.05) is 79.4 Å². The van der Waals surface area contributed by atoms with Crippen LogP contribution in [0.15, 0.2) is 42.5 Å². The number of aryl methyl sites for hydroxylation is 5. The van der Waals surface area contributed by atoms with Crippen molar-refractivity contribution < 1.29 is 58.9 Å². The normalized spacial score (nSPS) is 9.79. The summed E-state index contributed by atoms with van der Waals surface area (Å²) >= 11 is 0. The fourth-order valence-corrected chi connectivity index (χ4v) is 4.17. The molecule has 0 saturated heterocycles. The van der Waals surface area contributed by atoms with E-state index in [0.29, 0.717) is 5.92 Å². The SMILES string of the molecule is Cc1cc(C)cc(C(c2cc(C)cc(C)c2)c2[cH-]c(C)c(C)c2C)c1.[Cl-].[Cl-].[Cl-].[Ti+4]. The van der Waals surface area contributed by atoms with Gasteiger partial charge in [0, 0.05) is 5.92 Å². The quantitative estimate of drug-likeness (QED) is 0.292. The van der Waals surface area contributed by atoms with Gasteiger partial charge in [-0.3, -0.25) is 0 Å².